The zero-order valence-electron chi connectivity index (χ0n) is 10.4. The Morgan fingerprint density at radius 3 is 2.28 bits per heavy atom. The minimum atomic E-state index is -0.363. The summed E-state index contributed by atoms with van der Waals surface area (Å²) >= 11 is 10.0. The molecule has 0 atom stereocenters. The van der Waals surface area contributed by atoms with Crippen molar-refractivity contribution in [2.45, 2.75) is 18.3 Å². The second kappa shape index (κ2) is 6.83. The molecule has 1 fully saturated rings. The Bertz CT molecular complexity index is 448. The van der Waals surface area contributed by atoms with E-state index in [9.17, 15) is 5.26 Å². The molecule has 0 aromatic heterocycles. The van der Waals surface area contributed by atoms with Gasteiger partial charge in [-0.25, -0.2) is 0 Å². The number of hydrogen-bond acceptors (Lipinski definition) is 3. The molecule has 1 heterocycles. The summed E-state index contributed by atoms with van der Waals surface area (Å²) in [5.41, 5.74) is 0.746. The van der Waals surface area contributed by atoms with Gasteiger partial charge in [0.1, 0.15) is 0 Å². The van der Waals surface area contributed by atoms with Crippen molar-refractivity contribution in [1.29, 1.82) is 5.26 Å². The van der Waals surface area contributed by atoms with Crippen LogP contribution >= 0.6 is 12.2 Å². The van der Waals surface area contributed by atoms with Gasteiger partial charge in [-0.15, -0.1) is 0 Å². The van der Waals surface area contributed by atoms with Crippen LogP contribution in [0.3, 0.4) is 0 Å². The van der Waals surface area contributed by atoms with E-state index < -0.39 is 0 Å². The second-order valence-electron chi connectivity index (χ2n) is 4.31. The molecule has 0 aliphatic carbocycles. The van der Waals surface area contributed by atoms with Crippen LogP contribution in [0, 0.1) is 11.3 Å². The topological polar surface area (TPSA) is 27.0 Å². The average molecular weight is 284 g/mol. The summed E-state index contributed by atoms with van der Waals surface area (Å²) in [6, 6.07) is 12.5. The van der Waals surface area contributed by atoms with Crippen LogP contribution in [0.4, 0.5) is 0 Å². The molecule has 0 spiro atoms. The first-order valence-corrected chi connectivity index (χ1v) is 6.42. The molecule has 5 heteroatoms. The Morgan fingerprint density at radius 2 is 1.83 bits per heavy atom. The van der Waals surface area contributed by atoms with Gasteiger partial charge in [0, 0.05) is 13.1 Å². The number of nitriles is 1. The molecule has 0 radical (unpaired) electrons. The molecule has 1 saturated heterocycles. The third kappa shape index (κ3) is 3.23. The van der Waals surface area contributed by atoms with E-state index >= 15 is 0 Å². The number of nitrogens with zero attached hydrogens (tertiary/aromatic N) is 2. The second-order valence-corrected chi connectivity index (χ2v) is 5.34. The van der Waals surface area contributed by atoms with Crippen LogP contribution in [0.25, 0.3) is 0 Å². The van der Waals surface area contributed by atoms with E-state index in [0.717, 1.165) is 31.5 Å². The average Bonchev–Trinajstić information content (AvgIpc) is 2.40. The van der Waals surface area contributed by atoms with Gasteiger partial charge in [0.15, 0.2) is 0 Å². The maximum Gasteiger partial charge on any atom is 1.00 e. The van der Waals surface area contributed by atoms with Crippen LogP contribution in [-0.2, 0) is 18.0 Å². The van der Waals surface area contributed by atoms with Crippen molar-refractivity contribution < 1.29 is 29.6 Å². The summed E-state index contributed by atoms with van der Waals surface area (Å²) in [4.78, 5) is 2.00. The molecule has 0 bridgehead atoms. The maximum atomic E-state index is 9.49. The summed E-state index contributed by atoms with van der Waals surface area (Å²) in [5.74, 6) is 0. The fourth-order valence-corrected chi connectivity index (χ4v) is 2.66. The SMILES string of the molecule is N#CC1(c2ccccc2)CCN(C(=S)[S-])CC1.[Na+]. The normalized spacial score (nSPS) is 17.4. The molecule has 1 aromatic rings. The van der Waals surface area contributed by atoms with Gasteiger partial charge in [-0.05, 0) is 18.4 Å². The number of thiocarbonyl (C=S) groups is 1. The van der Waals surface area contributed by atoms with Crippen molar-refractivity contribution in [1.82, 2.24) is 4.90 Å². The summed E-state index contributed by atoms with van der Waals surface area (Å²) in [7, 11) is 0. The first kappa shape index (κ1) is 15.9. The van der Waals surface area contributed by atoms with E-state index in [4.69, 9.17) is 24.8 Å². The van der Waals surface area contributed by atoms with E-state index in [1.54, 1.807) is 0 Å². The zero-order valence-corrected chi connectivity index (χ0v) is 14.1. The van der Waals surface area contributed by atoms with Crippen molar-refractivity contribution >= 4 is 29.2 Å². The van der Waals surface area contributed by atoms with Crippen molar-refractivity contribution in [2.75, 3.05) is 13.1 Å². The minimum Gasteiger partial charge on any atom is -0.411 e. The monoisotopic (exact) mass is 284 g/mol. The summed E-state index contributed by atoms with van der Waals surface area (Å²) in [6.45, 7) is 1.57. The van der Waals surface area contributed by atoms with Crippen molar-refractivity contribution in [3.05, 3.63) is 35.9 Å². The van der Waals surface area contributed by atoms with Crippen molar-refractivity contribution in [3.63, 3.8) is 0 Å². The first-order valence-electron chi connectivity index (χ1n) is 5.61. The Labute approximate surface area is 141 Å². The van der Waals surface area contributed by atoms with E-state index in [1.165, 1.54) is 0 Å². The van der Waals surface area contributed by atoms with Crippen LogP contribution in [0.15, 0.2) is 30.3 Å². The van der Waals surface area contributed by atoms with E-state index in [0.29, 0.717) is 4.32 Å². The molecular weight excluding hydrogens is 271 g/mol. The Morgan fingerprint density at radius 1 is 1.28 bits per heavy atom. The van der Waals surface area contributed by atoms with Gasteiger partial charge in [-0.2, -0.15) is 5.26 Å². The fourth-order valence-electron chi connectivity index (χ4n) is 2.29. The Balaban J connectivity index is 0.00000162. The number of rotatable bonds is 1. The molecule has 18 heavy (non-hydrogen) atoms. The molecule has 0 unspecified atom stereocenters. The van der Waals surface area contributed by atoms with Gasteiger partial charge < -0.3 is 29.7 Å². The van der Waals surface area contributed by atoms with Gasteiger partial charge in [-0.1, -0.05) is 34.7 Å². The van der Waals surface area contributed by atoms with Crippen molar-refractivity contribution in [2.24, 2.45) is 0 Å². The molecule has 2 rings (SSSR count). The summed E-state index contributed by atoms with van der Waals surface area (Å²) < 4.78 is 0.518. The minimum absolute atomic E-state index is 0. The van der Waals surface area contributed by atoms with Crippen molar-refractivity contribution in [3.8, 4) is 6.07 Å². The van der Waals surface area contributed by atoms with E-state index in [1.807, 2.05) is 35.2 Å². The maximum absolute atomic E-state index is 9.49. The molecular formula is C13H13N2NaS2. The number of likely N-dealkylation sites (tertiary alicyclic amines) is 1. The Kier molecular flexibility index (Phi) is 6.03. The van der Waals surface area contributed by atoms with Gasteiger partial charge in [0.25, 0.3) is 0 Å². The van der Waals surface area contributed by atoms with Gasteiger partial charge in [-0.3, -0.25) is 0 Å². The largest absolute Gasteiger partial charge is 1.00 e. The van der Waals surface area contributed by atoms with Crippen LogP contribution in [0.2, 0.25) is 0 Å². The van der Waals surface area contributed by atoms with Crippen LogP contribution < -0.4 is 29.6 Å². The van der Waals surface area contributed by atoms with Gasteiger partial charge in [0.05, 0.1) is 11.5 Å². The predicted octanol–water partition coefficient (Wildman–Crippen LogP) is -0.620. The molecule has 88 valence electrons. The molecule has 0 N–H and O–H groups in total. The predicted molar refractivity (Wildman–Crippen MR) is 74.5 cm³/mol. The Hall–Kier alpha value is -0.180. The standard InChI is InChI=1S/C13H14N2S2.Na/c14-10-13(11-4-2-1-3-5-11)6-8-15(9-7-13)12(16)17;/h1-5H,6-9H2,(H,16,17);/q;+1/p-1. The molecule has 1 aromatic carbocycles. The summed E-state index contributed by atoms with van der Waals surface area (Å²) in [5, 5.41) is 9.49. The number of benzene rings is 1. The van der Waals surface area contributed by atoms with Crippen LogP contribution in [0.1, 0.15) is 18.4 Å². The molecule has 1 aliphatic heterocycles. The van der Waals surface area contributed by atoms with Crippen LogP contribution in [-0.4, -0.2) is 22.3 Å². The third-order valence-electron chi connectivity index (χ3n) is 3.42. The summed E-state index contributed by atoms with van der Waals surface area (Å²) in [6.07, 6.45) is 1.59. The zero-order chi connectivity index (χ0) is 12.3. The van der Waals surface area contributed by atoms with Crippen LogP contribution in [0.5, 0.6) is 0 Å². The first-order chi connectivity index (χ1) is 8.18. The molecule has 0 amide bonds. The van der Waals surface area contributed by atoms with E-state index in [2.05, 4.69) is 6.07 Å². The molecule has 0 saturated carbocycles. The number of hydrogen-bond donors (Lipinski definition) is 0. The quantitative estimate of drug-likeness (QED) is 0.390. The number of piperidine rings is 1. The molecule has 2 nitrogen and oxygen atoms in total. The van der Waals surface area contributed by atoms with E-state index in [-0.39, 0.29) is 35.0 Å². The smallest absolute Gasteiger partial charge is 0.411 e. The fraction of sp³-hybridized carbons (Fsp3) is 0.385. The van der Waals surface area contributed by atoms with Gasteiger partial charge in [0.2, 0.25) is 0 Å². The van der Waals surface area contributed by atoms with Gasteiger partial charge >= 0.3 is 29.6 Å². The third-order valence-corrected chi connectivity index (χ3v) is 3.93. The molecule has 1 aliphatic rings.